The molecule has 2 aromatic carbocycles. The number of anilines is 1. The number of amides is 3. The molecule has 240 valence electrons. The highest BCUT2D eigenvalue weighted by molar-refractivity contribution is 6.10. The summed E-state index contributed by atoms with van der Waals surface area (Å²) in [6.07, 6.45) is -3.78. The van der Waals surface area contributed by atoms with Gasteiger partial charge in [0.25, 0.3) is 5.91 Å². The van der Waals surface area contributed by atoms with Crippen LogP contribution in [0.1, 0.15) is 41.6 Å². The van der Waals surface area contributed by atoms with Gasteiger partial charge in [-0.1, -0.05) is 12.1 Å². The van der Waals surface area contributed by atoms with Crippen molar-refractivity contribution in [1.82, 2.24) is 9.80 Å². The van der Waals surface area contributed by atoms with Crippen LogP contribution < -0.4 is 10.6 Å². The second-order valence-electron chi connectivity index (χ2n) is 11.5. The summed E-state index contributed by atoms with van der Waals surface area (Å²) < 4.78 is 46.2. The van der Waals surface area contributed by atoms with Crippen molar-refractivity contribution < 1.29 is 36.8 Å². The average molecular weight is 629 g/mol. The summed E-state index contributed by atoms with van der Waals surface area (Å²) in [6.45, 7) is 2.27. The van der Waals surface area contributed by atoms with Gasteiger partial charge in [0.05, 0.1) is 50.5 Å². The van der Waals surface area contributed by atoms with Crippen molar-refractivity contribution in [2.45, 2.75) is 32.0 Å². The number of esters is 1. The summed E-state index contributed by atoms with van der Waals surface area (Å²) in [7, 11) is 8.30. The summed E-state index contributed by atoms with van der Waals surface area (Å²) in [4.78, 5) is 42.0. The van der Waals surface area contributed by atoms with E-state index in [4.69, 9.17) is 15.9 Å². The molecule has 3 rings (SSSR count). The van der Waals surface area contributed by atoms with Crippen LogP contribution in [0.25, 0.3) is 0 Å². The highest BCUT2D eigenvalue weighted by atomic mass is 19.4. The molecule has 0 aliphatic carbocycles. The normalized spacial score (nSPS) is 15.6. The Labute approximate surface area is 259 Å². The molecule has 3 amide bonds. The molecule has 45 heavy (non-hydrogen) atoms. The number of allylic oxidation sites excluding steroid dienone is 1. The highest BCUT2D eigenvalue weighted by Gasteiger charge is 2.44. The Morgan fingerprint density at radius 3 is 2.38 bits per heavy atom. The first kappa shape index (κ1) is 34.6. The summed E-state index contributed by atoms with van der Waals surface area (Å²) >= 11 is 0. The lowest BCUT2D eigenvalue weighted by atomic mass is 9.87. The molecule has 0 radical (unpaired) electrons. The van der Waals surface area contributed by atoms with Crippen LogP contribution in [0.15, 0.2) is 53.7 Å². The lowest BCUT2D eigenvalue weighted by Crippen LogP contribution is -2.55. The van der Waals surface area contributed by atoms with E-state index in [1.165, 1.54) is 24.0 Å². The highest BCUT2D eigenvalue weighted by Crippen LogP contribution is 2.42. The smallest absolute Gasteiger partial charge is 0.416 e. The molecule has 14 heteroatoms. The van der Waals surface area contributed by atoms with Gasteiger partial charge in [0.2, 0.25) is 5.96 Å². The first-order chi connectivity index (χ1) is 20.9. The average Bonchev–Trinajstić information content (AvgIpc) is 2.95. The zero-order valence-electron chi connectivity index (χ0n) is 26.0. The Morgan fingerprint density at radius 1 is 1.16 bits per heavy atom. The number of alkyl halides is 3. The summed E-state index contributed by atoms with van der Waals surface area (Å²) in [5.74, 6) is -1.51. The Kier molecular flexibility index (Phi) is 10.3. The number of urea groups is 1. The number of likely N-dealkylation sites (N-methyl/N-ethyl adjacent to an activating group) is 2. The number of aryl methyl sites for hydroxylation is 1. The summed E-state index contributed by atoms with van der Waals surface area (Å²) in [6, 6.07) is 8.48. The number of hydrogen-bond donors (Lipinski definition) is 2. The van der Waals surface area contributed by atoms with E-state index in [-0.39, 0.29) is 29.4 Å². The second-order valence-corrected chi connectivity index (χ2v) is 11.5. The maximum Gasteiger partial charge on any atom is 0.416 e. The quantitative estimate of drug-likeness (QED) is 0.318. The monoisotopic (exact) mass is 628 g/mol. The van der Waals surface area contributed by atoms with Crippen molar-refractivity contribution in [2.24, 2.45) is 5.73 Å². The van der Waals surface area contributed by atoms with E-state index in [9.17, 15) is 32.8 Å². The third-order valence-electron chi connectivity index (χ3n) is 7.61. The molecule has 1 aliphatic heterocycles. The number of quaternary nitrogens is 1. The van der Waals surface area contributed by atoms with Crippen LogP contribution in [-0.4, -0.2) is 86.5 Å². The molecular weight excluding hydrogens is 591 g/mol. The maximum absolute atomic E-state index is 13.6. The van der Waals surface area contributed by atoms with Gasteiger partial charge in [-0.2, -0.15) is 18.4 Å². The fourth-order valence-electron chi connectivity index (χ4n) is 5.31. The topological polar surface area (TPSA) is 144 Å². The number of carbonyl (C=O) groups is 3. The largest absolute Gasteiger partial charge is 0.466 e. The van der Waals surface area contributed by atoms with Crippen LogP contribution in [0.3, 0.4) is 0 Å². The molecule has 0 aromatic heterocycles. The predicted octanol–water partition coefficient (Wildman–Crippen LogP) is 4.00. The number of methoxy groups -OCH3 is 1. The van der Waals surface area contributed by atoms with Gasteiger partial charge in [-0.15, -0.1) is 0 Å². The van der Waals surface area contributed by atoms with Gasteiger partial charge in [0.1, 0.15) is 6.04 Å². The SMILES string of the molecule is COC(=O)C1=C(C)N(c2cccc(C(F)(F)F)c2)C(=N)N(C(N)=O)[C@@H]1c1ccc(C#N)cc1CCC[N+](C)(C)CC(=O)N(C)C. The van der Waals surface area contributed by atoms with Gasteiger partial charge in [0, 0.05) is 31.9 Å². The van der Waals surface area contributed by atoms with Gasteiger partial charge in [-0.25, -0.2) is 9.59 Å². The fraction of sp³-hybridized carbons (Fsp3) is 0.387. The van der Waals surface area contributed by atoms with E-state index in [1.54, 1.807) is 26.2 Å². The molecule has 0 unspecified atom stereocenters. The molecule has 1 atom stereocenters. The minimum atomic E-state index is -4.69. The van der Waals surface area contributed by atoms with E-state index >= 15 is 0 Å². The van der Waals surface area contributed by atoms with Crippen LogP contribution in [0, 0.1) is 16.7 Å². The van der Waals surface area contributed by atoms with Gasteiger partial charge in [0.15, 0.2) is 6.54 Å². The van der Waals surface area contributed by atoms with E-state index < -0.39 is 35.7 Å². The molecule has 0 spiro atoms. The number of guanidine groups is 1. The number of carbonyl (C=O) groups excluding carboxylic acids is 3. The predicted molar refractivity (Wildman–Crippen MR) is 161 cm³/mol. The van der Waals surface area contributed by atoms with Crippen molar-refractivity contribution in [3.8, 4) is 6.07 Å². The standard InChI is InChI=1S/C31H36F3N7O4/c1-19-26(28(43)45-6)27(40(30(37)44)29(36)39(19)23-11-7-10-22(16-23)31(32,33)34)24-13-12-20(17-35)15-21(24)9-8-14-41(4,5)18-25(42)38(2)3/h7,10-13,15-16,27,36H,8-9,14,18H2,1-6H3,(H-,37,44)/p+1/t27-/m1/s1. The van der Waals surface area contributed by atoms with Gasteiger partial charge < -0.3 is 19.9 Å². The van der Waals surface area contributed by atoms with Crippen molar-refractivity contribution in [1.29, 1.82) is 10.7 Å². The molecule has 11 nitrogen and oxygen atoms in total. The van der Waals surface area contributed by atoms with Crippen molar-refractivity contribution in [3.05, 3.63) is 76.0 Å². The third kappa shape index (κ3) is 7.61. The minimum absolute atomic E-state index is 0.0429. The van der Waals surface area contributed by atoms with E-state index in [2.05, 4.69) is 6.07 Å². The zero-order valence-corrected chi connectivity index (χ0v) is 26.0. The van der Waals surface area contributed by atoms with Gasteiger partial charge in [-0.3, -0.25) is 20.0 Å². The molecule has 1 heterocycles. The minimum Gasteiger partial charge on any atom is -0.466 e. The molecule has 0 fully saturated rings. The molecule has 0 bridgehead atoms. The van der Waals surface area contributed by atoms with E-state index in [0.29, 0.717) is 40.6 Å². The Balaban J connectivity index is 2.18. The Morgan fingerprint density at radius 2 is 1.82 bits per heavy atom. The molecule has 0 saturated carbocycles. The number of nitriles is 1. The number of nitrogens with zero attached hydrogens (tertiary/aromatic N) is 5. The van der Waals surface area contributed by atoms with E-state index in [0.717, 1.165) is 35.1 Å². The van der Waals surface area contributed by atoms with E-state index in [1.807, 2.05) is 14.1 Å². The van der Waals surface area contributed by atoms with Crippen LogP contribution in [0.5, 0.6) is 0 Å². The number of rotatable bonds is 9. The van der Waals surface area contributed by atoms with Crippen LogP contribution in [-0.2, 0) is 26.9 Å². The first-order valence-electron chi connectivity index (χ1n) is 13.9. The van der Waals surface area contributed by atoms with Crippen LogP contribution in [0.2, 0.25) is 0 Å². The number of ether oxygens (including phenoxy) is 1. The number of hydrogen-bond acceptors (Lipinski definition) is 6. The number of primary amides is 1. The fourth-order valence-corrected chi connectivity index (χ4v) is 5.31. The number of nitrogens with two attached hydrogens (primary N) is 1. The summed E-state index contributed by atoms with van der Waals surface area (Å²) in [5.41, 5.74) is 5.89. The molecule has 3 N–H and O–H groups in total. The Bertz CT molecular complexity index is 1580. The third-order valence-corrected chi connectivity index (χ3v) is 7.61. The van der Waals surface area contributed by atoms with Gasteiger partial charge in [-0.05, 0) is 54.8 Å². The van der Waals surface area contributed by atoms with Crippen molar-refractivity contribution in [2.75, 3.05) is 53.3 Å². The second kappa shape index (κ2) is 13.4. The van der Waals surface area contributed by atoms with Crippen molar-refractivity contribution in [3.63, 3.8) is 0 Å². The molecule has 0 saturated heterocycles. The number of benzene rings is 2. The summed E-state index contributed by atoms with van der Waals surface area (Å²) in [5, 5.41) is 18.6. The van der Waals surface area contributed by atoms with Crippen molar-refractivity contribution >= 4 is 29.6 Å². The van der Waals surface area contributed by atoms with Crippen LogP contribution in [0.4, 0.5) is 23.7 Å². The maximum atomic E-state index is 13.6. The molecular formula is C31H37F3N7O4+. The Hall–Kier alpha value is -4.90. The molecule has 1 aliphatic rings. The van der Waals surface area contributed by atoms with Gasteiger partial charge >= 0.3 is 18.2 Å². The molecule has 2 aromatic rings. The lowest BCUT2D eigenvalue weighted by molar-refractivity contribution is -0.882. The number of halogens is 3. The lowest BCUT2D eigenvalue weighted by Gasteiger charge is -2.43. The zero-order chi connectivity index (χ0) is 33.9. The number of nitrogens with one attached hydrogen (secondary N) is 1. The first-order valence-corrected chi connectivity index (χ1v) is 13.9. The van der Waals surface area contributed by atoms with Crippen LogP contribution >= 0.6 is 0 Å².